The van der Waals surface area contributed by atoms with E-state index in [0.717, 1.165) is 0 Å². The Balaban J connectivity index is 2.78. The van der Waals surface area contributed by atoms with E-state index >= 15 is 0 Å². The van der Waals surface area contributed by atoms with Gasteiger partial charge < -0.3 is 4.57 Å². The third-order valence-corrected chi connectivity index (χ3v) is 2.23. The summed E-state index contributed by atoms with van der Waals surface area (Å²) in [5, 5.41) is 0. The first kappa shape index (κ1) is 8.31. The van der Waals surface area contributed by atoms with Crippen LogP contribution in [-0.4, -0.2) is 9.55 Å². The molecular formula is C9H16N2. The van der Waals surface area contributed by atoms with Gasteiger partial charge in [-0.3, -0.25) is 0 Å². The molecule has 0 fully saturated rings. The van der Waals surface area contributed by atoms with Crippen molar-refractivity contribution < 1.29 is 0 Å². The molecule has 0 amide bonds. The van der Waals surface area contributed by atoms with Crippen LogP contribution in [0.5, 0.6) is 0 Å². The highest BCUT2D eigenvalue weighted by Crippen LogP contribution is 2.29. The van der Waals surface area contributed by atoms with Crippen LogP contribution in [0.1, 0.15) is 33.7 Å². The van der Waals surface area contributed by atoms with Crippen molar-refractivity contribution in [2.75, 3.05) is 0 Å². The van der Waals surface area contributed by atoms with Gasteiger partial charge in [0.2, 0.25) is 0 Å². The van der Waals surface area contributed by atoms with Crippen molar-refractivity contribution in [3.63, 3.8) is 0 Å². The summed E-state index contributed by atoms with van der Waals surface area (Å²) in [7, 11) is 0. The highest BCUT2D eigenvalue weighted by molar-refractivity contribution is 4.83. The van der Waals surface area contributed by atoms with Gasteiger partial charge in [-0.15, -0.1) is 0 Å². The molecule has 0 aromatic carbocycles. The molecule has 1 aromatic heterocycles. The van der Waals surface area contributed by atoms with Crippen molar-refractivity contribution in [2.45, 2.75) is 33.7 Å². The molecule has 2 nitrogen and oxygen atoms in total. The zero-order valence-electron chi connectivity index (χ0n) is 7.70. The minimum absolute atomic E-state index is 0.306. The Morgan fingerprint density at radius 2 is 2.00 bits per heavy atom. The fraction of sp³-hybridized carbons (Fsp3) is 0.667. The zero-order chi connectivity index (χ0) is 8.48. The van der Waals surface area contributed by atoms with Crippen LogP contribution in [0.15, 0.2) is 18.7 Å². The zero-order valence-corrected chi connectivity index (χ0v) is 7.70. The molecule has 0 saturated carbocycles. The Kier molecular flexibility index (Phi) is 2.03. The van der Waals surface area contributed by atoms with Crippen molar-refractivity contribution in [1.82, 2.24) is 9.55 Å². The normalized spacial score (nSPS) is 14.9. The molecule has 0 saturated heterocycles. The van der Waals surface area contributed by atoms with Crippen LogP contribution in [0.2, 0.25) is 0 Å². The maximum absolute atomic E-state index is 4.02. The highest BCUT2D eigenvalue weighted by atomic mass is 15.1. The Labute approximate surface area is 68.3 Å². The van der Waals surface area contributed by atoms with Gasteiger partial charge in [-0.25, -0.2) is 4.98 Å². The number of hydrogen-bond acceptors (Lipinski definition) is 1. The van der Waals surface area contributed by atoms with E-state index in [-0.39, 0.29) is 0 Å². The van der Waals surface area contributed by atoms with Crippen molar-refractivity contribution in [3.05, 3.63) is 18.7 Å². The summed E-state index contributed by atoms with van der Waals surface area (Å²) < 4.78 is 2.14. The molecule has 1 heterocycles. The first-order chi connectivity index (χ1) is 5.02. The molecule has 1 aromatic rings. The summed E-state index contributed by atoms with van der Waals surface area (Å²) in [6.45, 7) is 8.91. The SMILES string of the molecule is CC(n1ccnc1)C(C)(C)C. The summed E-state index contributed by atoms with van der Waals surface area (Å²) in [5.41, 5.74) is 0.306. The van der Waals surface area contributed by atoms with E-state index in [0.29, 0.717) is 11.5 Å². The number of rotatable bonds is 1. The van der Waals surface area contributed by atoms with Gasteiger partial charge in [0.25, 0.3) is 0 Å². The summed E-state index contributed by atoms with van der Waals surface area (Å²) >= 11 is 0. The molecule has 0 spiro atoms. The summed E-state index contributed by atoms with van der Waals surface area (Å²) in [5.74, 6) is 0. The summed E-state index contributed by atoms with van der Waals surface area (Å²) in [6.07, 6.45) is 5.70. The lowest BCUT2D eigenvalue weighted by molar-refractivity contribution is 0.262. The van der Waals surface area contributed by atoms with Crippen molar-refractivity contribution in [1.29, 1.82) is 0 Å². The van der Waals surface area contributed by atoms with Gasteiger partial charge in [-0.2, -0.15) is 0 Å². The average molecular weight is 152 g/mol. The lowest BCUT2D eigenvalue weighted by atomic mass is 9.88. The first-order valence-corrected chi connectivity index (χ1v) is 3.99. The smallest absolute Gasteiger partial charge is 0.0948 e. The molecule has 1 rings (SSSR count). The minimum atomic E-state index is 0.306. The molecule has 0 aliphatic heterocycles. The molecule has 2 heteroatoms. The molecule has 1 unspecified atom stereocenters. The molecule has 0 aliphatic carbocycles. The Morgan fingerprint density at radius 1 is 1.36 bits per heavy atom. The van der Waals surface area contributed by atoms with E-state index in [4.69, 9.17) is 0 Å². The molecule has 1 atom stereocenters. The number of nitrogens with zero attached hydrogens (tertiary/aromatic N) is 2. The van der Waals surface area contributed by atoms with Gasteiger partial charge in [0, 0.05) is 18.4 Å². The molecule has 0 N–H and O–H groups in total. The maximum atomic E-state index is 4.02. The van der Waals surface area contributed by atoms with Crippen LogP contribution in [-0.2, 0) is 0 Å². The molecule has 11 heavy (non-hydrogen) atoms. The van der Waals surface area contributed by atoms with Crippen molar-refractivity contribution >= 4 is 0 Å². The van der Waals surface area contributed by atoms with Gasteiger partial charge >= 0.3 is 0 Å². The Morgan fingerprint density at radius 3 is 2.36 bits per heavy atom. The predicted molar refractivity (Wildman–Crippen MR) is 46.4 cm³/mol. The third-order valence-electron chi connectivity index (χ3n) is 2.23. The second-order valence-corrected chi connectivity index (χ2v) is 4.05. The summed E-state index contributed by atoms with van der Waals surface area (Å²) in [6, 6.07) is 0.505. The largest absolute Gasteiger partial charge is 0.334 e. The van der Waals surface area contributed by atoms with Gasteiger partial charge in [-0.1, -0.05) is 20.8 Å². The second-order valence-electron chi connectivity index (χ2n) is 4.05. The van der Waals surface area contributed by atoms with E-state index in [2.05, 4.69) is 37.2 Å². The van der Waals surface area contributed by atoms with E-state index in [1.165, 1.54) is 0 Å². The van der Waals surface area contributed by atoms with Crippen LogP contribution in [0, 0.1) is 5.41 Å². The molecular weight excluding hydrogens is 136 g/mol. The molecule has 0 bridgehead atoms. The topological polar surface area (TPSA) is 17.8 Å². The van der Waals surface area contributed by atoms with Crippen LogP contribution in [0.25, 0.3) is 0 Å². The highest BCUT2D eigenvalue weighted by Gasteiger charge is 2.20. The number of hydrogen-bond donors (Lipinski definition) is 0. The van der Waals surface area contributed by atoms with Crippen LogP contribution < -0.4 is 0 Å². The quantitative estimate of drug-likeness (QED) is 0.604. The first-order valence-electron chi connectivity index (χ1n) is 3.99. The molecule has 62 valence electrons. The van der Waals surface area contributed by atoms with Crippen LogP contribution >= 0.6 is 0 Å². The van der Waals surface area contributed by atoms with Crippen molar-refractivity contribution in [3.8, 4) is 0 Å². The van der Waals surface area contributed by atoms with E-state index in [9.17, 15) is 0 Å². The third kappa shape index (κ3) is 1.82. The Hall–Kier alpha value is -0.790. The fourth-order valence-electron chi connectivity index (χ4n) is 0.946. The standard InChI is InChI=1S/C9H16N2/c1-8(9(2,3)4)11-6-5-10-7-11/h5-8H,1-4H3. The monoisotopic (exact) mass is 152 g/mol. The maximum Gasteiger partial charge on any atom is 0.0948 e. The van der Waals surface area contributed by atoms with E-state index in [1.54, 1.807) is 0 Å². The van der Waals surface area contributed by atoms with Gasteiger partial charge in [0.1, 0.15) is 0 Å². The van der Waals surface area contributed by atoms with E-state index < -0.39 is 0 Å². The average Bonchev–Trinajstić information content (AvgIpc) is 2.34. The predicted octanol–water partition coefficient (Wildman–Crippen LogP) is 2.49. The van der Waals surface area contributed by atoms with Crippen molar-refractivity contribution in [2.24, 2.45) is 5.41 Å². The lowest BCUT2D eigenvalue weighted by Gasteiger charge is -2.28. The van der Waals surface area contributed by atoms with Gasteiger partial charge in [-0.05, 0) is 12.3 Å². The molecule has 0 radical (unpaired) electrons. The molecule has 0 aliphatic rings. The number of aromatic nitrogens is 2. The fourth-order valence-corrected chi connectivity index (χ4v) is 0.946. The van der Waals surface area contributed by atoms with Crippen LogP contribution in [0.3, 0.4) is 0 Å². The van der Waals surface area contributed by atoms with E-state index in [1.807, 2.05) is 18.7 Å². The number of imidazole rings is 1. The lowest BCUT2D eigenvalue weighted by Crippen LogP contribution is -2.20. The van der Waals surface area contributed by atoms with Gasteiger partial charge in [0.15, 0.2) is 0 Å². The Bertz CT molecular complexity index is 206. The minimum Gasteiger partial charge on any atom is -0.334 e. The summed E-state index contributed by atoms with van der Waals surface area (Å²) in [4.78, 5) is 4.02. The van der Waals surface area contributed by atoms with Crippen LogP contribution in [0.4, 0.5) is 0 Å². The van der Waals surface area contributed by atoms with Gasteiger partial charge in [0.05, 0.1) is 6.33 Å². The second kappa shape index (κ2) is 2.68.